The number of hydrogen-bond acceptors (Lipinski definition) is 2. The van der Waals surface area contributed by atoms with Crippen LogP contribution in [0.25, 0.3) is 0 Å². The molecule has 0 aromatic rings. The Morgan fingerprint density at radius 3 is 2.67 bits per heavy atom. The first-order valence-corrected chi connectivity index (χ1v) is 6.22. The van der Waals surface area contributed by atoms with Gasteiger partial charge in [0.25, 0.3) is 0 Å². The first-order valence-electron chi connectivity index (χ1n) is 6.22. The fourth-order valence-electron chi connectivity index (χ4n) is 3.02. The molecule has 2 heterocycles. The van der Waals surface area contributed by atoms with Crippen molar-refractivity contribution in [2.75, 3.05) is 19.8 Å². The SMILES string of the molecule is O=C(CC1CCOCC1)N1CC[C@H]2CC21. The van der Waals surface area contributed by atoms with Gasteiger partial charge in [0.05, 0.1) is 0 Å². The molecule has 3 nitrogen and oxygen atoms in total. The monoisotopic (exact) mass is 209 g/mol. The Labute approximate surface area is 90.8 Å². The minimum Gasteiger partial charge on any atom is -0.381 e. The molecule has 1 unspecified atom stereocenters. The summed E-state index contributed by atoms with van der Waals surface area (Å²) >= 11 is 0. The largest absolute Gasteiger partial charge is 0.381 e. The third-order valence-corrected chi connectivity index (χ3v) is 4.15. The van der Waals surface area contributed by atoms with E-state index in [1.807, 2.05) is 0 Å². The van der Waals surface area contributed by atoms with Gasteiger partial charge < -0.3 is 9.64 Å². The quantitative estimate of drug-likeness (QED) is 0.688. The van der Waals surface area contributed by atoms with Gasteiger partial charge in [0.15, 0.2) is 0 Å². The number of ether oxygens (including phenoxy) is 1. The first-order chi connectivity index (χ1) is 7.34. The van der Waals surface area contributed by atoms with Gasteiger partial charge in [-0.05, 0) is 37.5 Å². The Hall–Kier alpha value is -0.570. The predicted octanol–water partition coefficient (Wildman–Crippen LogP) is 1.42. The molecule has 1 amide bonds. The number of hydrogen-bond donors (Lipinski definition) is 0. The molecule has 0 aromatic carbocycles. The van der Waals surface area contributed by atoms with Gasteiger partial charge in [-0.25, -0.2) is 0 Å². The molecule has 3 rings (SSSR count). The van der Waals surface area contributed by atoms with E-state index in [0.717, 1.165) is 44.9 Å². The molecule has 0 spiro atoms. The van der Waals surface area contributed by atoms with Crippen LogP contribution >= 0.6 is 0 Å². The van der Waals surface area contributed by atoms with E-state index in [2.05, 4.69) is 4.90 Å². The fourth-order valence-corrected chi connectivity index (χ4v) is 3.02. The molecular weight excluding hydrogens is 190 g/mol. The van der Waals surface area contributed by atoms with E-state index in [9.17, 15) is 4.79 Å². The van der Waals surface area contributed by atoms with Gasteiger partial charge in [0.1, 0.15) is 0 Å². The summed E-state index contributed by atoms with van der Waals surface area (Å²) in [4.78, 5) is 14.2. The molecule has 3 aliphatic rings. The molecule has 2 saturated heterocycles. The van der Waals surface area contributed by atoms with Crippen molar-refractivity contribution in [3.05, 3.63) is 0 Å². The third-order valence-electron chi connectivity index (χ3n) is 4.15. The van der Waals surface area contributed by atoms with Crippen LogP contribution in [0, 0.1) is 11.8 Å². The molecule has 84 valence electrons. The lowest BCUT2D eigenvalue weighted by Crippen LogP contribution is -2.33. The van der Waals surface area contributed by atoms with Crippen molar-refractivity contribution >= 4 is 5.91 Å². The standard InChI is InChI=1S/C12H19NO2/c14-12(7-9-2-5-15-6-3-9)13-4-1-10-8-11(10)13/h9-11H,1-8H2/t10-,11?/m0/s1. The normalized spacial score (nSPS) is 35.3. The second-order valence-corrected chi connectivity index (χ2v) is 5.20. The van der Waals surface area contributed by atoms with E-state index < -0.39 is 0 Å². The maximum atomic E-state index is 12.0. The maximum absolute atomic E-state index is 12.0. The van der Waals surface area contributed by atoms with Crippen molar-refractivity contribution in [1.29, 1.82) is 0 Å². The molecule has 2 atom stereocenters. The highest BCUT2D eigenvalue weighted by Crippen LogP contribution is 2.44. The predicted molar refractivity (Wildman–Crippen MR) is 56.4 cm³/mol. The van der Waals surface area contributed by atoms with Gasteiger partial charge in [-0.15, -0.1) is 0 Å². The number of fused-ring (bicyclic) bond motifs is 1. The van der Waals surface area contributed by atoms with E-state index in [-0.39, 0.29) is 0 Å². The number of carbonyl (C=O) groups excluding carboxylic acids is 1. The molecule has 2 aliphatic heterocycles. The molecule has 0 aromatic heterocycles. The van der Waals surface area contributed by atoms with Crippen molar-refractivity contribution < 1.29 is 9.53 Å². The molecular formula is C12H19NO2. The highest BCUT2D eigenvalue weighted by atomic mass is 16.5. The summed E-state index contributed by atoms with van der Waals surface area (Å²) < 4.78 is 5.31. The molecule has 0 bridgehead atoms. The minimum absolute atomic E-state index is 0.409. The Balaban J connectivity index is 1.51. The second-order valence-electron chi connectivity index (χ2n) is 5.20. The summed E-state index contributed by atoms with van der Waals surface area (Å²) in [5.74, 6) is 1.86. The van der Waals surface area contributed by atoms with Crippen LogP contribution in [0.2, 0.25) is 0 Å². The van der Waals surface area contributed by atoms with Gasteiger partial charge >= 0.3 is 0 Å². The summed E-state index contributed by atoms with van der Waals surface area (Å²) in [6.45, 7) is 2.73. The lowest BCUT2D eigenvalue weighted by molar-refractivity contribution is -0.132. The zero-order chi connectivity index (χ0) is 10.3. The van der Waals surface area contributed by atoms with Crippen LogP contribution in [0.5, 0.6) is 0 Å². The average molecular weight is 209 g/mol. The molecule has 3 heteroatoms. The summed E-state index contributed by atoms with van der Waals surface area (Å²) in [6, 6.07) is 0.636. The van der Waals surface area contributed by atoms with Crippen molar-refractivity contribution in [2.24, 2.45) is 11.8 Å². The van der Waals surface area contributed by atoms with E-state index in [0.29, 0.717) is 17.9 Å². The summed E-state index contributed by atoms with van der Waals surface area (Å²) in [7, 11) is 0. The molecule has 0 radical (unpaired) electrons. The van der Waals surface area contributed by atoms with Crippen LogP contribution in [0.1, 0.15) is 32.1 Å². The second kappa shape index (κ2) is 3.78. The van der Waals surface area contributed by atoms with Crippen LogP contribution in [0.4, 0.5) is 0 Å². The highest BCUT2D eigenvalue weighted by Gasteiger charge is 2.48. The fraction of sp³-hybridized carbons (Fsp3) is 0.917. The Bertz CT molecular complexity index is 260. The van der Waals surface area contributed by atoms with Gasteiger partial charge in [0, 0.05) is 32.2 Å². The smallest absolute Gasteiger partial charge is 0.223 e. The number of piperidine rings is 1. The number of nitrogens with zero attached hydrogens (tertiary/aromatic N) is 1. The number of likely N-dealkylation sites (tertiary alicyclic amines) is 1. The molecule has 3 fully saturated rings. The lowest BCUT2D eigenvalue weighted by Gasteiger charge is -2.25. The minimum atomic E-state index is 0.409. The number of rotatable bonds is 2. The lowest BCUT2D eigenvalue weighted by atomic mass is 9.96. The summed E-state index contributed by atoms with van der Waals surface area (Å²) in [6.07, 6.45) is 5.46. The van der Waals surface area contributed by atoms with E-state index >= 15 is 0 Å². The van der Waals surface area contributed by atoms with Gasteiger partial charge in [0.2, 0.25) is 5.91 Å². The number of amides is 1. The van der Waals surface area contributed by atoms with E-state index in [1.165, 1.54) is 12.8 Å². The Morgan fingerprint density at radius 2 is 2.07 bits per heavy atom. The highest BCUT2D eigenvalue weighted by molar-refractivity contribution is 5.77. The molecule has 1 aliphatic carbocycles. The van der Waals surface area contributed by atoms with Gasteiger partial charge in [-0.3, -0.25) is 4.79 Å². The van der Waals surface area contributed by atoms with Crippen molar-refractivity contribution in [2.45, 2.75) is 38.1 Å². The van der Waals surface area contributed by atoms with Crippen LogP contribution in [-0.4, -0.2) is 36.6 Å². The molecule has 1 saturated carbocycles. The van der Waals surface area contributed by atoms with E-state index in [4.69, 9.17) is 4.74 Å². The Kier molecular flexibility index (Phi) is 2.43. The van der Waals surface area contributed by atoms with Crippen molar-refractivity contribution in [3.63, 3.8) is 0 Å². The van der Waals surface area contributed by atoms with Crippen LogP contribution in [0.15, 0.2) is 0 Å². The molecule has 0 N–H and O–H groups in total. The average Bonchev–Trinajstić information content (AvgIpc) is 2.91. The zero-order valence-electron chi connectivity index (χ0n) is 9.15. The van der Waals surface area contributed by atoms with Crippen LogP contribution in [-0.2, 0) is 9.53 Å². The topological polar surface area (TPSA) is 29.5 Å². The van der Waals surface area contributed by atoms with Crippen LogP contribution < -0.4 is 0 Å². The summed E-state index contributed by atoms with van der Waals surface area (Å²) in [5, 5.41) is 0. The third kappa shape index (κ3) is 1.89. The molecule has 15 heavy (non-hydrogen) atoms. The van der Waals surface area contributed by atoms with Crippen molar-refractivity contribution in [3.8, 4) is 0 Å². The summed E-state index contributed by atoms with van der Waals surface area (Å²) in [5.41, 5.74) is 0. The first kappa shape index (κ1) is 9.64. The maximum Gasteiger partial charge on any atom is 0.223 e. The van der Waals surface area contributed by atoms with Gasteiger partial charge in [-0.2, -0.15) is 0 Å². The van der Waals surface area contributed by atoms with Crippen LogP contribution in [0.3, 0.4) is 0 Å². The van der Waals surface area contributed by atoms with E-state index in [1.54, 1.807) is 0 Å². The number of carbonyl (C=O) groups is 1. The Morgan fingerprint density at radius 1 is 1.27 bits per heavy atom. The van der Waals surface area contributed by atoms with Crippen molar-refractivity contribution in [1.82, 2.24) is 4.90 Å². The van der Waals surface area contributed by atoms with Gasteiger partial charge in [-0.1, -0.05) is 0 Å². The zero-order valence-corrected chi connectivity index (χ0v) is 9.15.